The van der Waals surface area contributed by atoms with Crippen molar-refractivity contribution in [1.29, 1.82) is 0 Å². The highest BCUT2D eigenvalue weighted by Gasteiger charge is 2.06. The fourth-order valence-corrected chi connectivity index (χ4v) is 0.0638. The second kappa shape index (κ2) is 2.54. The maximum Gasteiger partial charge on any atom is 0.322 e. The fourth-order valence-electron chi connectivity index (χ4n) is 0.0638. The summed E-state index contributed by atoms with van der Waals surface area (Å²) in [6.07, 6.45) is 0. The van der Waals surface area contributed by atoms with Crippen LogP contribution in [-0.2, 0) is 4.79 Å². The van der Waals surface area contributed by atoms with Crippen molar-refractivity contribution in [3.05, 3.63) is 0 Å². The highest BCUT2D eigenvalue weighted by molar-refractivity contribution is 5.73. The van der Waals surface area contributed by atoms with E-state index in [1.54, 1.807) is 0 Å². The lowest BCUT2D eigenvalue weighted by Crippen LogP contribution is -2.33. The van der Waals surface area contributed by atoms with Gasteiger partial charge in [-0.05, 0) is 0 Å². The second-order valence-corrected chi connectivity index (χ2v) is 1.01. The number of carbonyl (C=O) groups is 1. The number of carboxylic acids is 1. The average molecular weight is 108 g/mol. The Morgan fingerprint density at radius 3 is 2.57 bits per heavy atom. The van der Waals surface area contributed by atoms with Crippen LogP contribution in [0.2, 0.25) is 0 Å². The molecule has 0 heterocycles. The van der Waals surface area contributed by atoms with E-state index in [4.69, 9.17) is 17.3 Å². The van der Waals surface area contributed by atoms with Crippen LogP contribution in [0.3, 0.4) is 0 Å². The molecule has 7 heavy (non-hydrogen) atoms. The zero-order valence-corrected chi connectivity index (χ0v) is 3.53. The van der Waals surface area contributed by atoms with Crippen LogP contribution in [0, 0.1) is 0 Å². The number of rotatable bonds is 2. The average Bonchev–Trinajstić information content (AvgIpc) is 1.64. The first kappa shape index (κ1) is 4.55. The zero-order chi connectivity index (χ0) is 6.73. The molecule has 0 rings (SSSR count). The lowest BCUT2D eigenvalue weighted by atomic mass is 10.5. The Morgan fingerprint density at radius 1 is 2.14 bits per heavy atom. The van der Waals surface area contributed by atoms with Crippen molar-refractivity contribution >= 4 is 5.97 Å². The molecule has 0 aromatic rings. The van der Waals surface area contributed by atoms with Gasteiger partial charge in [0.2, 0.25) is 0 Å². The standard InChI is InChI=1S/C3H7NO3/c4-2(1-5)3(6)7/h2,5H,1,4H2,(H,6,7)/t2-/m0/s1/i1+1D,4+1/t1?,2-. The Labute approximate surface area is 42.0 Å². The van der Waals surface area contributed by atoms with Gasteiger partial charge < -0.3 is 15.9 Å². The Hall–Kier alpha value is -0.610. The van der Waals surface area contributed by atoms with Gasteiger partial charge in [-0.15, -0.1) is 0 Å². The number of nitrogens with two attached hydrogens (primary N) is 1. The number of aliphatic hydroxyl groups is 1. The quantitative estimate of drug-likeness (QED) is 0.293. The molecule has 0 spiro atoms. The summed E-state index contributed by atoms with van der Waals surface area (Å²) < 4.78 is 6.36. The summed E-state index contributed by atoms with van der Waals surface area (Å²) in [5.74, 6) is -1.37. The molecule has 0 radical (unpaired) electrons. The number of hydrogen-bond acceptors (Lipinski definition) is 3. The first-order valence-electron chi connectivity index (χ1n) is 2.22. The van der Waals surface area contributed by atoms with E-state index >= 15 is 0 Å². The van der Waals surface area contributed by atoms with Crippen LogP contribution >= 0.6 is 0 Å². The summed E-state index contributed by atoms with van der Waals surface area (Å²) in [4.78, 5) is 9.74. The van der Waals surface area contributed by atoms with Crippen molar-refractivity contribution in [2.75, 3.05) is 6.58 Å². The predicted octanol–water partition coefficient (Wildman–Crippen LogP) is -1.61. The number of hydrogen-bond donors (Lipinski definition) is 3. The van der Waals surface area contributed by atoms with E-state index in [1.165, 1.54) is 0 Å². The molecule has 1 unspecified atom stereocenters. The zero-order valence-electron chi connectivity index (χ0n) is 4.53. The third kappa shape index (κ3) is 2.13. The third-order valence-electron chi connectivity index (χ3n) is 0.446. The molecule has 0 fully saturated rings. The van der Waals surface area contributed by atoms with Crippen molar-refractivity contribution in [2.24, 2.45) is 5.73 Å². The molecule has 42 valence electrons. The molecule has 0 saturated carbocycles. The minimum absolute atomic E-state index is 1.37. The number of aliphatic hydroxyl groups excluding tert-OH is 1. The summed E-state index contributed by atoms with van der Waals surface area (Å²) in [6, 6.07) is -1.49. The molecule has 4 N–H and O–H groups in total. The van der Waals surface area contributed by atoms with Crippen molar-refractivity contribution in [3.8, 4) is 0 Å². The van der Waals surface area contributed by atoms with Crippen LogP contribution in [0.5, 0.6) is 0 Å². The van der Waals surface area contributed by atoms with Gasteiger partial charge in [-0.25, -0.2) is 0 Å². The van der Waals surface area contributed by atoms with E-state index in [0.717, 1.165) is 0 Å². The van der Waals surface area contributed by atoms with Gasteiger partial charge in [0, 0.05) is 0 Å². The van der Waals surface area contributed by atoms with Gasteiger partial charge in [-0.2, -0.15) is 0 Å². The van der Waals surface area contributed by atoms with Crippen LogP contribution in [0.15, 0.2) is 0 Å². The summed E-state index contributed by atoms with van der Waals surface area (Å²) in [6.45, 7) is -1.73. The molecule has 0 saturated heterocycles. The van der Waals surface area contributed by atoms with Gasteiger partial charge >= 0.3 is 5.97 Å². The fraction of sp³-hybridized carbons (Fsp3) is 0.667. The van der Waals surface area contributed by atoms with Gasteiger partial charge in [0.15, 0.2) is 0 Å². The summed E-state index contributed by atoms with van der Waals surface area (Å²) >= 11 is 0. The monoisotopic (exact) mass is 108 g/mol. The van der Waals surface area contributed by atoms with Crippen LogP contribution < -0.4 is 5.73 Å². The molecule has 0 amide bonds. The molecule has 0 aliphatic rings. The molecular formula is C3H7NO3. The van der Waals surface area contributed by atoms with E-state index in [0.29, 0.717) is 0 Å². The van der Waals surface area contributed by atoms with Gasteiger partial charge in [0.05, 0.1) is 7.95 Å². The molecule has 0 aliphatic heterocycles. The SMILES string of the molecule is [2H][13CH](O)[C@H]([15NH2])C(=O)O. The molecule has 0 aromatic carbocycles. The lowest BCUT2D eigenvalue weighted by molar-refractivity contribution is -0.139. The summed E-state index contributed by atoms with van der Waals surface area (Å²) in [7, 11) is 0. The largest absolute Gasteiger partial charge is 0.480 e. The smallest absolute Gasteiger partial charge is 0.322 e. The second-order valence-electron chi connectivity index (χ2n) is 1.01. The normalized spacial score (nSPS) is 20.0. The maximum absolute atomic E-state index is 9.74. The highest BCUT2D eigenvalue weighted by atomic mass is 16.4. The minimum Gasteiger partial charge on any atom is -0.480 e. The molecule has 4 nitrogen and oxygen atoms in total. The Kier molecular flexibility index (Phi) is 1.65. The van der Waals surface area contributed by atoms with Crippen molar-refractivity contribution in [1.82, 2.24) is 0 Å². The van der Waals surface area contributed by atoms with Gasteiger partial charge in [-0.1, -0.05) is 0 Å². The van der Waals surface area contributed by atoms with Gasteiger partial charge in [0.1, 0.15) is 6.04 Å². The van der Waals surface area contributed by atoms with Gasteiger partial charge in [0.25, 0.3) is 0 Å². The maximum atomic E-state index is 9.74. The predicted molar refractivity (Wildman–Crippen MR) is 22.7 cm³/mol. The van der Waals surface area contributed by atoms with E-state index in [2.05, 4.69) is 0 Å². The van der Waals surface area contributed by atoms with Crippen molar-refractivity contribution in [2.45, 2.75) is 6.04 Å². The van der Waals surface area contributed by atoms with Crippen molar-refractivity contribution < 1.29 is 16.4 Å². The molecule has 0 aromatic heterocycles. The van der Waals surface area contributed by atoms with Crippen molar-refractivity contribution in [3.63, 3.8) is 0 Å². The first-order chi connectivity index (χ1) is 3.55. The molecule has 2 atom stereocenters. The van der Waals surface area contributed by atoms with E-state index in [1.807, 2.05) is 0 Å². The highest BCUT2D eigenvalue weighted by Crippen LogP contribution is 1.71. The summed E-state index contributed by atoms with van der Waals surface area (Å²) in [5, 5.41) is 16.1. The Bertz CT molecular complexity index is 94.5. The van der Waals surface area contributed by atoms with Gasteiger partial charge in [-0.3, -0.25) is 4.79 Å². The molecular weight excluding hydrogens is 100 g/mol. The Morgan fingerprint density at radius 2 is 2.57 bits per heavy atom. The number of aliphatic carboxylic acids is 1. The molecule has 0 aliphatic carbocycles. The van der Waals surface area contributed by atoms with Crippen LogP contribution in [0.25, 0.3) is 0 Å². The third-order valence-corrected chi connectivity index (χ3v) is 0.446. The van der Waals surface area contributed by atoms with E-state index < -0.39 is 18.6 Å². The van der Waals surface area contributed by atoms with Crippen LogP contribution in [0.4, 0.5) is 0 Å². The Balaban J connectivity index is 3.64. The number of carboxylic acid groups (broad SMARTS) is 1. The first-order valence-corrected chi connectivity index (χ1v) is 1.64. The molecule has 0 bridgehead atoms. The van der Waals surface area contributed by atoms with E-state index in [9.17, 15) is 4.79 Å². The van der Waals surface area contributed by atoms with E-state index in [-0.39, 0.29) is 0 Å². The topological polar surface area (TPSA) is 83.5 Å². The van der Waals surface area contributed by atoms with Crippen LogP contribution in [0.1, 0.15) is 1.37 Å². The minimum atomic E-state index is -1.73. The van der Waals surface area contributed by atoms with Crippen LogP contribution in [-0.4, -0.2) is 28.8 Å². The molecule has 4 heteroatoms. The lowest BCUT2D eigenvalue weighted by Gasteiger charge is -1.96. The summed E-state index contributed by atoms with van der Waals surface area (Å²) in [5.41, 5.74) is 4.72.